The first-order chi connectivity index (χ1) is 21.0. The van der Waals surface area contributed by atoms with E-state index in [1.54, 1.807) is 0 Å². The van der Waals surface area contributed by atoms with Crippen LogP contribution in [0.4, 0.5) is 64.1 Å². The van der Waals surface area contributed by atoms with Gasteiger partial charge in [0.15, 0.2) is 69.8 Å². The molecule has 0 aliphatic heterocycles. The second-order valence-electron chi connectivity index (χ2n) is 8.72. The van der Waals surface area contributed by atoms with E-state index in [1.807, 2.05) is 0 Å². The van der Waals surface area contributed by atoms with Gasteiger partial charge in [0.2, 0.25) is 0 Å². The molecule has 3 aromatic carbocycles. The van der Waals surface area contributed by atoms with E-state index in [2.05, 4.69) is 0 Å². The fourth-order valence-corrected chi connectivity index (χ4v) is 4.26. The van der Waals surface area contributed by atoms with Crippen LogP contribution in [0.15, 0.2) is 16.7 Å². The minimum absolute atomic E-state index is 0.796. The molecule has 0 bridgehead atoms. The molecule has 0 saturated heterocycles. The van der Waals surface area contributed by atoms with Crippen molar-refractivity contribution < 1.29 is 52.7 Å². The number of allylic oxidation sites excluding steroid dienone is 5. The van der Waals surface area contributed by atoms with Crippen molar-refractivity contribution in [2.45, 2.75) is 0 Å². The number of hydrogen-bond acceptors (Lipinski definition) is 6. The van der Waals surface area contributed by atoms with E-state index < -0.39 is 137 Å². The largest absolute Gasteiger partial charge is 0.398 e. The zero-order chi connectivity index (χ0) is 34.0. The van der Waals surface area contributed by atoms with Gasteiger partial charge < -0.3 is 17.2 Å². The maximum Gasteiger partial charge on any atom is 0.185 e. The van der Waals surface area contributed by atoms with Gasteiger partial charge in [-0.05, 0) is 0 Å². The summed E-state index contributed by atoms with van der Waals surface area (Å²) < 4.78 is 175. The molecule has 0 amide bonds. The molecule has 228 valence electrons. The lowest BCUT2D eigenvalue weighted by molar-refractivity contribution is 0.447. The Hall–Kier alpha value is -6.09. The Morgan fingerprint density at radius 2 is 0.711 bits per heavy atom. The summed E-state index contributed by atoms with van der Waals surface area (Å²) in [5, 5.41) is 28.3. The van der Waals surface area contributed by atoms with Gasteiger partial charge in [-0.1, -0.05) is 0 Å². The number of nitrogens with zero attached hydrogens (tertiary/aromatic N) is 3. The van der Waals surface area contributed by atoms with Gasteiger partial charge in [0.25, 0.3) is 0 Å². The predicted octanol–water partition coefficient (Wildman–Crippen LogP) is 6.03. The summed E-state index contributed by atoms with van der Waals surface area (Å²) in [6.45, 7) is 0. The van der Waals surface area contributed by atoms with Crippen molar-refractivity contribution in [3.63, 3.8) is 0 Å². The van der Waals surface area contributed by atoms with Crippen LogP contribution in [0.5, 0.6) is 0 Å². The van der Waals surface area contributed by atoms with Crippen LogP contribution in [-0.2, 0) is 0 Å². The van der Waals surface area contributed by atoms with Gasteiger partial charge >= 0.3 is 0 Å². The summed E-state index contributed by atoms with van der Waals surface area (Å²) in [6.07, 6.45) is 0. The summed E-state index contributed by atoms with van der Waals surface area (Å²) in [6, 6.07) is 2.83. The number of hydrogen-bond donors (Lipinski definition) is 3. The maximum absolute atomic E-state index is 14.9. The Morgan fingerprint density at radius 1 is 0.422 bits per heavy atom. The first-order valence-corrected chi connectivity index (χ1v) is 11.3. The number of anilines is 2. The summed E-state index contributed by atoms with van der Waals surface area (Å²) in [5.74, 6) is -28.3. The number of nitrogen functional groups attached to an aromatic ring is 2. The van der Waals surface area contributed by atoms with Crippen molar-refractivity contribution in [1.82, 2.24) is 0 Å². The van der Waals surface area contributed by atoms with E-state index in [-0.39, 0.29) is 0 Å². The normalized spacial score (nSPS) is 15.7. The molecule has 18 heteroatoms. The van der Waals surface area contributed by atoms with Crippen LogP contribution >= 0.6 is 0 Å². The molecule has 6 nitrogen and oxygen atoms in total. The van der Waals surface area contributed by atoms with Gasteiger partial charge in [-0.25, -0.2) is 52.7 Å². The monoisotopic (exact) mass is 642 g/mol. The fourth-order valence-electron chi connectivity index (χ4n) is 4.26. The molecule has 0 radical (unpaired) electrons. The highest BCUT2D eigenvalue weighted by atomic mass is 19.2. The minimum atomic E-state index is -2.46. The average Bonchev–Trinajstić information content (AvgIpc) is 3.75. The van der Waals surface area contributed by atoms with Gasteiger partial charge in [0.05, 0.1) is 33.5 Å². The second-order valence-corrected chi connectivity index (χ2v) is 8.72. The molecule has 0 heterocycles. The third-order valence-corrected chi connectivity index (χ3v) is 6.42. The lowest BCUT2D eigenvalue weighted by Gasteiger charge is -2.10. The zero-order valence-corrected chi connectivity index (χ0v) is 21.1. The van der Waals surface area contributed by atoms with Gasteiger partial charge in [0, 0.05) is 16.7 Å². The molecule has 0 aromatic heterocycles. The molecule has 1 aliphatic carbocycles. The van der Waals surface area contributed by atoms with Crippen molar-refractivity contribution in [2.75, 3.05) is 11.5 Å². The van der Waals surface area contributed by atoms with Crippen molar-refractivity contribution in [3.05, 3.63) is 109 Å². The van der Waals surface area contributed by atoms with Crippen LogP contribution in [0.3, 0.4) is 0 Å². The van der Waals surface area contributed by atoms with E-state index >= 15 is 0 Å². The van der Waals surface area contributed by atoms with E-state index in [9.17, 15) is 63.2 Å². The highest BCUT2D eigenvalue weighted by molar-refractivity contribution is 6.10. The Morgan fingerprint density at radius 3 is 1.00 bits per heavy atom. The molecule has 1 aliphatic rings. The van der Waals surface area contributed by atoms with Crippen LogP contribution in [-0.4, -0.2) is 0 Å². The lowest BCUT2D eigenvalue weighted by Crippen LogP contribution is -2.11. The topological polar surface area (TPSA) is 149 Å². The number of halogens is 12. The predicted molar refractivity (Wildman–Crippen MR) is 129 cm³/mol. The summed E-state index contributed by atoms with van der Waals surface area (Å²) >= 11 is 0. The summed E-state index contributed by atoms with van der Waals surface area (Å²) in [4.78, 5) is 0. The lowest BCUT2D eigenvalue weighted by atomic mass is 9.99. The Labute approximate surface area is 241 Å². The SMILES string of the molecule is N#CC(=C1C(=C(N)c2c(F)c(F)c(N)c(F)c2F)C1=C(C#N)c1c(F)c(F)c(C#N)c(F)c1F)c1c(F)c(F)c(N)c(F)c1F. The molecule has 6 N–H and O–H groups in total. The molecule has 1 fully saturated rings. The van der Waals surface area contributed by atoms with Gasteiger partial charge in [0.1, 0.15) is 35.1 Å². The van der Waals surface area contributed by atoms with Crippen molar-refractivity contribution in [2.24, 2.45) is 5.73 Å². The zero-order valence-electron chi connectivity index (χ0n) is 21.1. The van der Waals surface area contributed by atoms with Crippen LogP contribution in [0, 0.1) is 104 Å². The molecule has 4 rings (SSSR count). The summed E-state index contributed by atoms with van der Waals surface area (Å²) in [5.41, 5.74) is -4.33. The highest BCUT2D eigenvalue weighted by Crippen LogP contribution is 2.56. The van der Waals surface area contributed by atoms with E-state index in [0.29, 0.717) is 0 Å². The third kappa shape index (κ3) is 4.36. The first-order valence-electron chi connectivity index (χ1n) is 11.3. The Kier molecular flexibility index (Phi) is 7.69. The van der Waals surface area contributed by atoms with Gasteiger partial charge in [-0.2, -0.15) is 15.8 Å². The number of rotatable bonds is 3. The van der Waals surface area contributed by atoms with Gasteiger partial charge in [-0.15, -0.1) is 0 Å². The molecule has 0 unspecified atom stereocenters. The van der Waals surface area contributed by atoms with Crippen LogP contribution < -0.4 is 17.2 Å². The third-order valence-electron chi connectivity index (χ3n) is 6.42. The molecule has 3 aromatic rings. The van der Waals surface area contributed by atoms with Crippen molar-refractivity contribution in [3.8, 4) is 18.2 Å². The molecule has 45 heavy (non-hydrogen) atoms. The van der Waals surface area contributed by atoms with Crippen molar-refractivity contribution >= 4 is 28.2 Å². The quantitative estimate of drug-likeness (QED) is 0.138. The van der Waals surface area contributed by atoms with E-state index in [4.69, 9.17) is 22.5 Å². The number of benzene rings is 3. The average molecular weight is 642 g/mol. The standard InChI is InChI=1S/C27H6F12N6/c28-13-6(3-42)14(29)16(31)9(15(13)30)4(1-40)7-8(5(2-41)10-17(32)21(36)26(44)22(37)18(10)33)11(7)25(43)12-19(34)23(38)27(45)24(39)20(12)35/h43-45H2. The van der Waals surface area contributed by atoms with Crippen molar-refractivity contribution in [1.29, 1.82) is 15.8 Å². The Balaban J connectivity index is 2.32. The minimum Gasteiger partial charge on any atom is -0.398 e. The molecule has 0 spiro atoms. The van der Waals surface area contributed by atoms with E-state index in [0.717, 1.165) is 18.2 Å². The van der Waals surface area contributed by atoms with Gasteiger partial charge in [-0.3, -0.25) is 0 Å². The second kappa shape index (κ2) is 10.9. The van der Waals surface area contributed by atoms with Crippen LogP contribution in [0.25, 0.3) is 16.8 Å². The fraction of sp³-hybridized carbons (Fsp3) is 0. The Bertz CT molecular complexity index is 2060. The first kappa shape index (κ1) is 31.8. The summed E-state index contributed by atoms with van der Waals surface area (Å²) in [7, 11) is 0. The van der Waals surface area contributed by atoms with Crippen LogP contribution in [0.2, 0.25) is 0 Å². The molecular formula is C27H6F12N6. The smallest absolute Gasteiger partial charge is 0.185 e. The van der Waals surface area contributed by atoms with E-state index in [1.165, 1.54) is 0 Å². The maximum atomic E-state index is 14.9. The number of nitriles is 3. The molecule has 1 saturated carbocycles. The number of nitrogens with two attached hydrogens (primary N) is 3. The molecular weight excluding hydrogens is 636 g/mol. The highest BCUT2D eigenvalue weighted by Gasteiger charge is 2.45. The molecule has 0 atom stereocenters. The van der Waals surface area contributed by atoms with Crippen LogP contribution in [0.1, 0.15) is 22.3 Å².